The van der Waals surface area contributed by atoms with Crippen LogP contribution in [0.1, 0.15) is 34.3 Å². The van der Waals surface area contributed by atoms with Crippen molar-refractivity contribution in [1.82, 2.24) is 4.90 Å². The van der Waals surface area contributed by atoms with Crippen LogP contribution in [0.5, 0.6) is 0 Å². The van der Waals surface area contributed by atoms with Crippen molar-refractivity contribution >= 4 is 5.78 Å². The van der Waals surface area contributed by atoms with E-state index in [0.29, 0.717) is 12.3 Å². The van der Waals surface area contributed by atoms with Gasteiger partial charge in [-0.05, 0) is 36.5 Å². The number of morpholine rings is 1. The lowest BCUT2D eigenvalue weighted by Crippen LogP contribution is -2.35. The average molecular weight is 303 g/mol. The minimum absolute atomic E-state index is 0.261. The summed E-state index contributed by atoms with van der Waals surface area (Å²) < 4.78 is 10.8. The minimum atomic E-state index is 0.261. The molecule has 1 aromatic carbocycles. The standard InChI is InChI=1S/C18H25NO3/c1-14-2-3-15(12-19-5-8-21-9-6-19)10-17(14)18(20)11-16-4-7-22-13-16/h2-3,10,16H,4-9,11-13H2,1H3/t16-/m1/s1. The lowest BCUT2D eigenvalue weighted by Gasteiger charge is -2.26. The number of hydrogen-bond acceptors (Lipinski definition) is 4. The number of ketones is 1. The fourth-order valence-electron chi connectivity index (χ4n) is 3.20. The molecule has 2 fully saturated rings. The van der Waals surface area contributed by atoms with Crippen LogP contribution in [0.25, 0.3) is 0 Å². The zero-order valence-corrected chi connectivity index (χ0v) is 13.3. The molecule has 3 rings (SSSR count). The van der Waals surface area contributed by atoms with Crippen LogP contribution in [-0.4, -0.2) is 50.2 Å². The SMILES string of the molecule is Cc1ccc(CN2CCOCC2)cc1C(=O)C[C@H]1CCOC1. The molecule has 120 valence electrons. The number of aryl methyl sites for hydroxylation is 1. The van der Waals surface area contributed by atoms with Gasteiger partial charge in [0.2, 0.25) is 0 Å². The van der Waals surface area contributed by atoms with Crippen LogP contribution in [0.2, 0.25) is 0 Å². The molecule has 0 saturated carbocycles. The predicted molar refractivity (Wildman–Crippen MR) is 85.1 cm³/mol. The summed E-state index contributed by atoms with van der Waals surface area (Å²) in [6.45, 7) is 8.01. The highest BCUT2D eigenvalue weighted by molar-refractivity contribution is 5.97. The molecule has 4 heteroatoms. The van der Waals surface area contributed by atoms with Gasteiger partial charge in [0.1, 0.15) is 0 Å². The molecular formula is C18H25NO3. The molecule has 0 aliphatic carbocycles. The highest BCUT2D eigenvalue weighted by Gasteiger charge is 2.21. The zero-order chi connectivity index (χ0) is 15.4. The van der Waals surface area contributed by atoms with Crippen molar-refractivity contribution in [2.75, 3.05) is 39.5 Å². The molecule has 2 aliphatic rings. The molecule has 0 bridgehead atoms. The van der Waals surface area contributed by atoms with Gasteiger partial charge < -0.3 is 9.47 Å². The van der Waals surface area contributed by atoms with Crippen molar-refractivity contribution < 1.29 is 14.3 Å². The summed E-state index contributed by atoms with van der Waals surface area (Å²) in [5.74, 6) is 0.659. The summed E-state index contributed by atoms with van der Waals surface area (Å²) >= 11 is 0. The Morgan fingerprint density at radius 3 is 2.77 bits per heavy atom. The Morgan fingerprint density at radius 1 is 1.23 bits per heavy atom. The fraction of sp³-hybridized carbons (Fsp3) is 0.611. The van der Waals surface area contributed by atoms with Gasteiger partial charge >= 0.3 is 0 Å². The van der Waals surface area contributed by atoms with Gasteiger partial charge in [-0.25, -0.2) is 0 Å². The third-order valence-corrected chi connectivity index (χ3v) is 4.61. The van der Waals surface area contributed by atoms with E-state index in [1.54, 1.807) is 0 Å². The third-order valence-electron chi connectivity index (χ3n) is 4.61. The molecule has 4 nitrogen and oxygen atoms in total. The van der Waals surface area contributed by atoms with Gasteiger partial charge in [0.15, 0.2) is 5.78 Å². The molecule has 0 unspecified atom stereocenters. The molecule has 0 amide bonds. The van der Waals surface area contributed by atoms with Crippen LogP contribution in [0.15, 0.2) is 18.2 Å². The zero-order valence-electron chi connectivity index (χ0n) is 13.3. The van der Waals surface area contributed by atoms with Crippen LogP contribution in [0, 0.1) is 12.8 Å². The smallest absolute Gasteiger partial charge is 0.163 e. The van der Waals surface area contributed by atoms with Crippen molar-refractivity contribution in [3.05, 3.63) is 34.9 Å². The van der Waals surface area contributed by atoms with Gasteiger partial charge in [-0.15, -0.1) is 0 Å². The number of benzene rings is 1. The minimum Gasteiger partial charge on any atom is -0.381 e. The summed E-state index contributed by atoms with van der Waals surface area (Å²) in [4.78, 5) is 15.0. The Labute approximate surface area is 132 Å². The molecule has 0 aromatic heterocycles. The van der Waals surface area contributed by atoms with E-state index in [1.165, 1.54) is 5.56 Å². The quantitative estimate of drug-likeness (QED) is 0.783. The van der Waals surface area contributed by atoms with E-state index in [1.807, 2.05) is 6.92 Å². The molecule has 1 aromatic rings. The Hall–Kier alpha value is -1.23. The van der Waals surface area contributed by atoms with Crippen molar-refractivity contribution in [3.8, 4) is 0 Å². The van der Waals surface area contributed by atoms with Crippen LogP contribution in [0.3, 0.4) is 0 Å². The Kier molecular flexibility index (Phi) is 5.24. The Morgan fingerprint density at radius 2 is 2.05 bits per heavy atom. The monoisotopic (exact) mass is 303 g/mol. The van der Waals surface area contributed by atoms with Gasteiger partial charge in [-0.3, -0.25) is 9.69 Å². The van der Waals surface area contributed by atoms with Gasteiger partial charge in [-0.2, -0.15) is 0 Å². The Balaban J connectivity index is 1.67. The van der Waals surface area contributed by atoms with E-state index in [-0.39, 0.29) is 5.78 Å². The Bertz CT molecular complexity index is 517. The predicted octanol–water partition coefficient (Wildman–Crippen LogP) is 2.44. The number of carbonyl (C=O) groups is 1. The first-order chi connectivity index (χ1) is 10.7. The van der Waals surface area contributed by atoms with E-state index in [4.69, 9.17) is 9.47 Å². The number of hydrogen-bond donors (Lipinski definition) is 0. The largest absolute Gasteiger partial charge is 0.381 e. The summed E-state index contributed by atoms with van der Waals surface area (Å²) in [6, 6.07) is 6.30. The van der Waals surface area contributed by atoms with Gasteiger partial charge in [0.25, 0.3) is 0 Å². The van der Waals surface area contributed by atoms with Crippen molar-refractivity contribution in [1.29, 1.82) is 0 Å². The summed E-state index contributed by atoms with van der Waals surface area (Å²) in [6.07, 6.45) is 1.63. The summed E-state index contributed by atoms with van der Waals surface area (Å²) in [7, 11) is 0. The van der Waals surface area contributed by atoms with E-state index < -0.39 is 0 Å². The molecule has 2 saturated heterocycles. The first-order valence-electron chi connectivity index (χ1n) is 8.23. The van der Waals surface area contributed by atoms with E-state index in [0.717, 1.165) is 63.6 Å². The number of carbonyl (C=O) groups excluding carboxylic acids is 1. The lowest BCUT2D eigenvalue weighted by atomic mass is 9.94. The molecular weight excluding hydrogens is 278 g/mol. The van der Waals surface area contributed by atoms with E-state index in [2.05, 4.69) is 23.1 Å². The van der Waals surface area contributed by atoms with Crippen LogP contribution < -0.4 is 0 Å². The number of ether oxygens (including phenoxy) is 2. The van der Waals surface area contributed by atoms with Gasteiger partial charge in [0.05, 0.1) is 13.2 Å². The number of Topliss-reactive ketones (excluding diaryl/α,β-unsaturated/α-hetero) is 1. The second-order valence-electron chi connectivity index (χ2n) is 6.39. The molecule has 0 radical (unpaired) electrons. The molecule has 0 N–H and O–H groups in total. The van der Waals surface area contributed by atoms with Crippen LogP contribution in [-0.2, 0) is 16.0 Å². The highest BCUT2D eigenvalue weighted by atomic mass is 16.5. The average Bonchev–Trinajstić information content (AvgIpc) is 3.03. The summed E-state index contributed by atoms with van der Waals surface area (Å²) in [5, 5.41) is 0. The molecule has 0 spiro atoms. The second kappa shape index (κ2) is 7.36. The first-order valence-corrected chi connectivity index (χ1v) is 8.23. The topological polar surface area (TPSA) is 38.8 Å². The highest BCUT2D eigenvalue weighted by Crippen LogP contribution is 2.22. The lowest BCUT2D eigenvalue weighted by molar-refractivity contribution is 0.0342. The third kappa shape index (κ3) is 3.94. The van der Waals surface area contributed by atoms with Gasteiger partial charge in [-0.1, -0.05) is 12.1 Å². The maximum absolute atomic E-state index is 12.6. The van der Waals surface area contributed by atoms with Crippen molar-refractivity contribution in [3.63, 3.8) is 0 Å². The van der Waals surface area contributed by atoms with Crippen LogP contribution in [0.4, 0.5) is 0 Å². The van der Waals surface area contributed by atoms with Crippen molar-refractivity contribution in [2.45, 2.75) is 26.3 Å². The van der Waals surface area contributed by atoms with Crippen LogP contribution >= 0.6 is 0 Å². The number of nitrogens with zero attached hydrogens (tertiary/aromatic N) is 1. The number of rotatable bonds is 5. The maximum Gasteiger partial charge on any atom is 0.163 e. The maximum atomic E-state index is 12.6. The molecule has 1 atom stereocenters. The van der Waals surface area contributed by atoms with Crippen molar-refractivity contribution in [2.24, 2.45) is 5.92 Å². The van der Waals surface area contributed by atoms with E-state index in [9.17, 15) is 4.79 Å². The molecule has 2 aliphatic heterocycles. The molecule has 22 heavy (non-hydrogen) atoms. The normalized spacial score (nSPS) is 22.9. The second-order valence-corrected chi connectivity index (χ2v) is 6.39. The fourth-order valence-corrected chi connectivity index (χ4v) is 3.20. The molecule has 2 heterocycles. The van der Waals surface area contributed by atoms with Gasteiger partial charge in [0, 0.05) is 44.8 Å². The summed E-state index contributed by atoms with van der Waals surface area (Å²) in [5.41, 5.74) is 3.19. The van der Waals surface area contributed by atoms with E-state index >= 15 is 0 Å². The first kappa shape index (κ1) is 15.7.